The minimum Gasteiger partial charge on any atom is -0.493 e. The second-order valence-corrected chi connectivity index (χ2v) is 7.32. The van der Waals surface area contributed by atoms with Gasteiger partial charge in [0.2, 0.25) is 0 Å². The van der Waals surface area contributed by atoms with Crippen molar-refractivity contribution in [3.8, 4) is 11.8 Å². The van der Waals surface area contributed by atoms with E-state index in [1.807, 2.05) is 32.0 Å². The van der Waals surface area contributed by atoms with E-state index in [0.717, 1.165) is 4.90 Å². The highest BCUT2D eigenvalue weighted by molar-refractivity contribution is 7.99. The largest absolute Gasteiger partial charge is 0.493 e. The number of rotatable bonds is 9. The molecule has 0 atom stereocenters. The Labute approximate surface area is 168 Å². The van der Waals surface area contributed by atoms with Gasteiger partial charge in [-0.2, -0.15) is 5.26 Å². The number of carbonyl (C=O) groups excluding carboxylic acids is 2. The van der Waals surface area contributed by atoms with Gasteiger partial charge in [0.05, 0.1) is 29.7 Å². The van der Waals surface area contributed by atoms with E-state index in [4.69, 9.17) is 14.7 Å². The molecule has 0 radical (unpaired) electrons. The quantitative estimate of drug-likeness (QED) is 0.505. The number of esters is 1. The molecule has 0 heterocycles. The second-order valence-electron chi connectivity index (χ2n) is 6.30. The third-order valence-electron chi connectivity index (χ3n) is 3.44. The summed E-state index contributed by atoms with van der Waals surface area (Å²) in [4.78, 5) is 25.1. The topological polar surface area (TPSA) is 88.4 Å². The fraction of sp³-hybridized carbons (Fsp3) is 0.286. The number of nitriles is 1. The molecule has 0 saturated heterocycles. The monoisotopic (exact) mass is 398 g/mol. The van der Waals surface area contributed by atoms with Gasteiger partial charge in [-0.25, -0.2) is 4.79 Å². The van der Waals surface area contributed by atoms with Crippen molar-refractivity contribution in [1.29, 1.82) is 5.26 Å². The van der Waals surface area contributed by atoms with E-state index in [-0.39, 0.29) is 5.75 Å². The summed E-state index contributed by atoms with van der Waals surface area (Å²) in [5.74, 6) is 0.171. The summed E-state index contributed by atoms with van der Waals surface area (Å²) in [7, 11) is 0. The molecule has 6 nitrogen and oxygen atoms in total. The number of ether oxygens (including phenoxy) is 2. The Morgan fingerprint density at radius 2 is 1.96 bits per heavy atom. The zero-order valence-corrected chi connectivity index (χ0v) is 16.6. The number of nitrogens with one attached hydrogen (secondary N) is 1. The lowest BCUT2D eigenvalue weighted by atomic mass is 10.2. The number of para-hydroxylation sites is 1. The number of carbonyl (C=O) groups is 2. The van der Waals surface area contributed by atoms with Crippen molar-refractivity contribution in [2.24, 2.45) is 5.92 Å². The predicted octanol–water partition coefficient (Wildman–Crippen LogP) is 4.13. The Hall–Kier alpha value is -2.98. The Morgan fingerprint density at radius 1 is 1.18 bits per heavy atom. The molecule has 0 aliphatic rings. The molecule has 0 aromatic heterocycles. The van der Waals surface area contributed by atoms with Gasteiger partial charge in [-0.15, -0.1) is 11.8 Å². The third-order valence-corrected chi connectivity index (χ3v) is 4.38. The van der Waals surface area contributed by atoms with E-state index in [9.17, 15) is 9.59 Å². The predicted molar refractivity (Wildman–Crippen MR) is 108 cm³/mol. The fourth-order valence-corrected chi connectivity index (χ4v) is 2.85. The van der Waals surface area contributed by atoms with Crippen molar-refractivity contribution in [1.82, 2.24) is 0 Å². The maximum absolute atomic E-state index is 12.2. The van der Waals surface area contributed by atoms with Gasteiger partial charge in [0.25, 0.3) is 5.91 Å². The highest BCUT2D eigenvalue weighted by atomic mass is 32.2. The van der Waals surface area contributed by atoms with E-state index in [0.29, 0.717) is 29.5 Å². The number of hydrogen-bond donors (Lipinski definition) is 1. The lowest BCUT2D eigenvalue weighted by molar-refractivity contribution is -0.119. The SMILES string of the molecule is CC(C)COc1cccc(C(=O)OCC(=O)Nc2ccccc2SCC#N)c1. The van der Waals surface area contributed by atoms with Gasteiger partial charge in [-0.3, -0.25) is 4.79 Å². The summed E-state index contributed by atoms with van der Waals surface area (Å²) in [6.45, 7) is 4.21. The van der Waals surface area contributed by atoms with Crippen LogP contribution in [0, 0.1) is 17.2 Å². The minimum atomic E-state index is -0.600. The lowest BCUT2D eigenvalue weighted by Gasteiger charge is -2.11. The highest BCUT2D eigenvalue weighted by Gasteiger charge is 2.13. The van der Waals surface area contributed by atoms with E-state index in [2.05, 4.69) is 5.32 Å². The number of nitrogens with zero attached hydrogens (tertiary/aromatic N) is 1. The second kappa shape index (κ2) is 11.0. The first-order chi connectivity index (χ1) is 13.5. The van der Waals surface area contributed by atoms with Crippen LogP contribution in [0.25, 0.3) is 0 Å². The number of thioether (sulfide) groups is 1. The molecule has 1 amide bonds. The van der Waals surface area contributed by atoms with Gasteiger partial charge in [-0.1, -0.05) is 32.0 Å². The minimum absolute atomic E-state index is 0.275. The Kier molecular flexibility index (Phi) is 8.37. The molecule has 2 aromatic rings. The van der Waals surface area contributed by atoms with E-state index in [1.54, 1.807) is 36.4 Å². The molecule has 146 valence electrons. The van der Waals surface area contributed by atoms with Crippen LogP contribution in [-0.2, 0) is 9.53 Å². The smallest absolute Gasteiger partial charge is 0.338 e. The van der Waals surface area contributed by atoms with Gasteiger partial charge in [0.15, 0.2) is 6.61 Å². The van der Waals surface area contributed by atoms with Crippen molar-refractivity contribution in [3.63, 3.8) is 0 Å². The number of amides is 1. The summed E-state index contributed by atoms with van der Waals surface area (Å²) in [6.07, 6.45) is 0. The molecule has 0 saturated carbocycles. The van der Waals surface area contributed by atoms with Gasteiger partial charge in [0.1, 0.15) is 5.75 Å². The normalized spacial score (nSPS) is 10.2. The lowest BCUT2D eigenvalue weighted by Crippen LogP contribution is -2.21. The first-order valence-corrected chi connectivity index (χ1v) is 9.76. The summed E-state index contributed by atoms with van der Waals surface area (Å²) in [5.41, 5.74) is 0.895. The Balaban J connectivity index is 1.90. The van der Waals surface area contributed by atoms with Crippen LogP contribution in [0.3, 0.4) is 0 Å². The molecule has 0 fully saturated rings. The molecule has 0 bridgehead atoms. The van der Waals surface area contributed by atoms with Crippen molar-refractivity contribution in [2.45, 2.75) is 18.7 Å². The van der Waals surface area contributed by atoms with Crippen LogP contribution in [0.1, 0.15) is 24.2 Å². The van der Waals surface area contributed by atoms with Crippen molar-refractivity contribution >= 4 is 29.3 Å². The molecular formula is C21H22N2O4S. The fourth-order valence-electron chi connectivity index (χ4n) is 2.18. The van der Waals surface area contributed by atoms with Crippen LogP contribution in [0.5, 0.6) is 5.75 Å². The van der Waals surface area contributed by atoms with Gasteiger partial charge in [0, 0.05) is 4.90 Å². The molecule has 2 rings (SSSR count). The maximum Gasteiger partial charge on any atom is 0.338 e. The summed E-state index contributed by atoms with van der Waals surface area (Å²) in [6, 6.07) is 15.9. The van der Waals surface area contributed by atoms with Crippen LogP contribution in [0.15, 0.2) is 53.4 Å². The van der Waals surface area contributed by atoms with Gasteiger partial charge < -0.3 is 14.8 Å². The highest BCUT2D eigenvalue weighted by Crippen LogP contribution is 2.26. The van der Waals surface area contributed by atoms with Crippen LogP contribution in [-0.4, -0.2) is 30.8 Å². The molecule has 0 aliphatic carbocycles. The molecule has 1 N–H and O–H groups in total. The van der Waals surface area contributed by atoms with Crippen molar-refractivity contribution in [3.05, 3.63) is 54.1 Å². The average Bonchev–Trinajstić information content (AvgIpc) is 2.70. The Morgan fingerprint density at radius 3 is 2.71 bits per heavy atom. The van der Waals surface area contributed by atoms with E-state index >= 15 is 0 Å². The number of benzene rings is 2. The Bertz CT molecular complexity index is 861. The zero-order chi connectivity index (χ0) is 20.4. The summed E-state index contributed by atoms with van der Waals surface area (Å²) in [5, 5.41) is 11.4. The van der Waals surface area contributed by atoms with Crippen molar-refractivity contribution < 1.29 is 19.1 Å². The first kappa shape index (κ1) is 21.3. The van der Waals surface area contributed by atoms with E-state index in [1.165, 1.54) is 11.8 Å². The van der Waals surface area contributed by atoms with Gasteiger partial charge in [-0.05, 0) is 36.2 Å². The van der Waals surface area contributed by atoms with Crippen LogP contribution in [0.4, 0.5) is 5.69 Å². The maximum atomic E-state index is 12.2. The van der Waals surface area contributed by atoms with E-state index < -0.39 is 18.5 Å². The van der Waals surface area contributed by atoms with Crippen molar-refractivity contribution in [2.75, 3.05) is 24.3 Å². The first-order valence-electron chi connectivity index (χ1n) is 8.78. The molecule has 0 unspecified atom stereocenters. The number of anilines is 1. The van der Waals surface area contributed by atoms with Crippen LogP contribution in [0.2, 0.25) is 0 Å². The summed E-state index contributed by atoms with van der Waals surface area (Å²) >= 11 is 1.32. The molecule has 2 aromatic carbocycles. The zero-order valence-electron chi connectivity index (χ0n) is 15.8. The molecular weight excluding hydrogens is 376 g/mol. The molecule has 0 aliphatic heterocycles. The van der Waals surface area contributed by atoms with Crippen LogP contribution >= 0.6 is 11.8 Å². The molecule has 7 heteroatoms. The third kappa shape index (κ3) is 6.97. The number of hydrogen-bond acceptors (Lipinski definition) is 6. The average molecular weight is 398 g/mol. The standard InChI is InChI=1S/C21H22N2O4S/c1-15(2)13-26-17-7-5-6-16(12-17)21(25)27-14-20(24)23-18-8-3-4-9-19(18)28-11-10-22/h3-9,12,15H,11,13-14H2,1-2H3,(H,23,24). The van der Waals surface area contributed by atoms with Gasteiger partial charge >= 0.3 is 5.97 Å². The summed E-state index contributed by atoms with van der Waals surface area (Å²) < 4.78 is 10.7. The molecule has 0 spiro atoms. The van der Waals surface area contributed by atoms with Crippen LogP contribution < -0.4 is 10.1 Å². The molecule has 28 heavy (non-hydrogen) atoms.